The first kappa shape index (κ1) is 13.0. The summed E-state index contributed by atoms with van der Waals surface area (Å²) in [6, 6.07) is 6.49. The monoisotopic (exact) mass is 221 g/mol. The summed E-state index contributed by atoms with van der Waals surface area (Å²) in [6.45, 7) is 7.40. The lowest BCUT2D eigenvalue weighted by Crippen LogP contribution is -2.14. The van der Waals surface area contributed by atoms with Gasteiger partial charge in [-0.3, -0.25) is 0 Å². The topological polar surface area (TPSA) is 21.3 Å². The number of hydrogen-bond donors (Lipinski definition) is 1. The fraction of sp³-hybridized carbons (Fsp3) is 0.571. The Morgan fingerprint density at radius 3 is 2.56 bits per heavy atom. The van der Waals surface area contributed by atoms with Crippen molar-refractivity contribution in [2.45, 2.75) is 39.7 Å². The molecule has 0 fully saturated rings. The van der Waals surface area contributed by atoms with Crippen molar-refractivity contribution in [2.24, 2.45) is 0 Å². The van der Waals surface area contributed by atoms with Crippen molar-refractivity contribution >= 4 is 5.69 Å². The van der Waals surface area contributed by atoms with Gasteiger partial charge in [-0.2, -0.15) is 0 Å². The summed E-state index contributed by atoms with van der Waals surface area (Å²) in [4.78, 5) is 0. The summed E-state index contributed by atoms with van der Waals surface area (Å²) >= 11 is 0. The SMILES string of the molecule is CCC(CCNc1ccc(C)c(C)c1)OC. The zero-order valence-electron chi connectivity index (χ0n) is 10.8. The Kier molecular flexibility index (Phi) is 5.33. The Morgan fingerprint density at radius 1 is 1.25 bits per heavy atom. The van der Waals surface area contributed by atoms with Crippen LogP contribution in [0.4, 0.5) is 5.69 Å². The number of rotatable bonds is 6. The maximum atomic E-state index is 5.34. The molecule has 0 saturated carbocycles. The Hall–Kier alpha value is -1.02. The molecule has 1 rings (SSSR count). The van der Waals surface area contributed by atoms with Gasteiger partial charge in [-0.1, -0.05) is 13.0 Å². The van der Waals surface area contributed by atoms with Crippen LogP contribution in [0, 0.1) is 13.8 Å². The van der Waals surface area contributed by atoms with Gasteiger partial charge in [0.15, 0.2) is 0 Å². The van der Waals surface area contributed by atoms with Crippen molar-refractivity contribution < 1.29 is 4.74 Å². The molecule has 0 heterocycles. The summed E-state index contributed by atoms with van der Waals surface area (Å²) in [5.74, 6) is 0. The van der Waals surface area contributed by atoms with Crippen LogP contribution in [-0.4, -0.2) is 19.8 Å². The molecule has 90 valence electrons. The molecule has 2 heteroatoms. The van der Waals surface area contributed by atoms with E-state index in [1.165, 1.54) is 16.8 Å². The number of hydrogen-bond acceptors (Lipinski definition) is 2. The van der Waals surface area contributed by atoms with E-state index in [4.69, 9.17) is 4.74 Å². The molecule has 1 aromatic rings. The van der Waals surface area contributed by atoms with Gasteiger partial charge < -0.3 is 10.1 Å². The predicted octanol–water partition coefficient (Wildman–Crippen LogP) is 3.53. The van der Waals surface area contributed by atoms with Crippen molar-refractivity contribution in [1.82, 2.24) is 0 Å². The van der Waals surface area contributed by atoms with Crippen molar-refractivity contribution in [3.63, 3.8) is 0 Å². The van der Waals surface area contributed by atoms with Crippen LogP contribution in [0.15, 0.2) is 18.2 Å². The minimum absolute atomic E-state index is 0.374. The third-order valence-corrected chi connectivity index (χ3v) is 3.09. The molecule has 16 heavy (non-hydrogen) atoms. The maximum absolute atomic E-state index is 5.34. The molecule has 1 N–H and O–H groups in total. The minimum Gasteiger partial charge on any atom is -0.385 e. The average molecular weight is 221 g/mol. The Balaban J connectivity index is 2.40. The van der Waals surface area contributed by atoms with Gasteiger partial charge >= 0.3 is 0 Å². The molecule has 0 aromatic heterocycles. The number of benzene rings is 1. The molecule has 2 nitrogen and oxygen atoms in total. The van der Waals surface area contributed by atoms with Gasteiger partial charge in [0.25, 0.3) is 0 Å². The van der Waals surface area contributed by atoms with Crippen LogP contribution in [0.5, 0.6) is 0 Å². The van der Waals surface area contributed by atoms with Gasteiger partial charge in [-0.05, 0) is 49.9 Å². The Bertz CT molecular complexity index is 319. The highest BCUT2D eigenvalue weighted by molar-refractivity contribution is 5.47. The smallest absolute Gasteiger partial charge is 0.0585 e. The third kappa shape index (κ3) is 3.86. The minimum atomic E-state index is 0.374. The molecular weight excluding hydrogens is 198 g/mol. The number of aryl methyl sites for hydroxylation is 2. The van der Waals surface area contributed by atoms with Crippen LogP contribution in [-0.2, 0) is 4.74 Å². The summed E-state index contributed by atoms with van der Waals surface area (Å²) in [6.07, 6.45) is 2.50. The quantitative estimate of drug-likeness (QED) is 0.793. The fourth-order valence-electron chi connectivity index (χ4n) is 1.72. The van der Waals surface area contributed by atoms with E-state index in [1.807, 2.05) is 0 Å². The van der Waals surface area contributed by atoms with Crippen LogP contribution in [0.3, 0.4) is 0 Å². The van der Waals surface area contributed by atoms with Crippen LogP contribution >= 0.6 is 0 Å². The largest absolute Gasteiger partial charge is 0.385 e. The second-order valence-electron chi connectivity index (χ2n) is 4.28. The van der Waals surface area contributed by atoms with Crippen LogP contribution in [0.25, 0.3) is 0 Å². The first-order valence-electron chi connectivity index (χ1n) is 6.01. The lowest BCUT2D eigenvalue weighted by Gasteiger charge is -2.14. The zero-order chi connectivity index (χ0) is 12.0. The number of nitrogens with one attached hydrogen (secondary N) is 1. The molecule has 0 amide bonds. The molecule has 0 spiro atoms. The van der Waals surface area contributed by atoms with E-state index >= 15 is 0 Å². The van der Waals surface area contributed by atoms with Gasteiger partial charge in [-0.15, -0.1) is 0 Å². The molecule has 1 unspecified atom stereocenters. The molecule has 1 aromatic carbocycles. The number of anilines is 1. The van der Waals surface area contributed by atoms with Crippen molar-refractivity contribution in [3.8, 4) is 0 Å². The van der Waals surface area contributed by atoms with Gasteiger partial charge in [0.05, 0.1) is 6.10 Å². The van der Waals surface area contributed by atoms with E-state index in [2.05, 4.69) is 44.3 Å². The van der Waals surface area contributed by atoms with Crippen molar-refractivity contribution in [3.05, 3.63) is 29.3 Å². The van der Waals surface area contributed by atoms with Crippen LogP contribution in [0.1, 0.15) is 30.9 Å². The predicted molar refractivity (Wildman–Crippen MR) is 70.1 cm³/mol. The van der Waals surface area contributed by atoms with Gasteiger partial charge in [0, 0.05) is 19.3 Å². The highest BCUT2D eigenvalue weighted by Crippen LogP contribution is 2.14. The highest BCUT2D eigenvalue weighted by Gasteiger charge is 2.03. The average Bonchev–Trinajstić information content (AvgIpc) is 2.29. The molecule has 0 aliphatic rings. The fourth-order valence-corrected chi connectivity index (χ4v) is 1.72. The van der Waals surface area contributed by atoms with E-state index in [1.54, 1.807) is 7.11 Å². The van der Waals surface area contributed by atoms with Gasteiger partial charge in [0.1, 0.15) is 0 Å². The van der Waals surface area contributed by atoms with E-state index in [9.17, 15) is 0 Å². The summed E-state index contributed by atoms with van der Waals surface area (Å²) in [5.41, 5.74) is 3.88. The van der Waals surface area contributed by atoms with Gasteiger partial charge in [0.2, 0.25) is 0 Å². The summed E-state index contributed by atoms with van der Waals surface area (Å²) in [5, 5.41) is 3.43. The molecule has 1 atom stereocenters. The Morgan fingerprint density at radius 2 is 2.00 bits per heavy atom. The van der Waals surface area contributed by atoms with Crippen LogP contribution < -0.4 is 5.32 Å². The lowest BCUT2D eigenvalue weighted by molar-refractivity contribution is 0.0951. The zero-order valence-corrected chi connectivity index (χ0v) is 10.8. The third-order valence-electron chi connectivity index (χ3n) is 3.09. The summed E-state index contributed by atoms with van der Waals surface area (Å²) in [7, 11) is 1.78. The Labute approximate surface area is 99.0 Å². The molecule has 0 aliphatic heterocycles. The highest BCUT2D eigenvalue weighted by atomic mass is 16.5. The van der Waals surface area contributed by atoms with E-state index in [0.29, 0.717) is 6.10 Å². The second kappa shape index (κ2) is 6.54. The normalized spacial score (nSPS) is 12.5. The van der Waals surface area contributed by atoms with Crippen LogP contribution in [0.2, 0.25) is 0 Å². The number of ether oxygens (including phenoxy) is 1. The number of methoxy groups -OCH3 is 1. The second-order valence-corrected chi connectivity index (χ2v) is 4.28. The van der Waals surface area contributed by atoms with E-state index < -0.39 is 0 Å². The van der Waals surface area contributed by atoms with E-state index in [0.717, 1.165) is 19.4 Å². The maximum Gasteiger partial charge on any atom is 0.0585 e. The van der Waals surface area contributed by atoms with Crippen molar-refractivity contribution in [1.29, 1.82) is 0 Å². The standard InChI is InChI=1S/C14H23NO/c1-5-14(16-4)8-9-15-13-7-6-11(2)12(3)10-13/h6-7,10,14-15H,5,8-9H2,1-4H3. The molecule has 0 bridgehead atoms. The molecule has 0 saturated heterocycles. The van der Waals surface area contributed by atoms with Gasteiger partial charge in [-0.25, -0.2) is 0 Å². The van der Waals surface area contributed by atoms with E-state index in [-0.39, 0.29) is 0 Å². The first-order chi connectivity index (χ1) is 7.67. The van der Waals surface area contributed by atoms with Crippen molar-refractivity contribution in [2.75, 3.05) is 19.0 Å². The first-order valence-corrected chi connectivity index (χ1v) is 6.01. The molecular formula is C14H23NO. The lowest BCUT2D eigenvalue weighted by atomic mass is 10.1. The molecule has 0 radical (unpaired) electrons. The summed E-state index contributed by atoms with van der Waals surface area (Å²) < 4.78 is 5.34. The molecule has 0 aliphatic carbocycles.